The number of fused-ring (bicyclic) bond motifs is 1. The molecule has 0 bridgehead atoms. The summed E-state index contributed by atoms with van der Waals surface area (Å²) in [5, 5.41) is 2.84. The van der Waals surface area contributed by atoms with E-state index in [0.29, 0.717) is 22.6 Å². The van der Waals surface area contributed by atoms with Crippen LogP contribution in [-0.4, -0.2) is 25.1 Å². The fourth-order valence-corrected chi connectivity index (χ4v) is 3.38. The van der Waals surface area contributed by atoms with Gasteiger partial charge in [-0.1, -0.05) is 12.1 Å². The molecule has 0 saturated carbocycles. The number of methoxy groups -OCH3 is 1. The molecule has 1 amide bonds. The van der Waals surface area contributed by atoms with E-state index < -0.39 is 12.1 Å². The van der Waals surface area contributed by atoms with Crippen LogP contribution >= 0.6 is 0 Å². The van der Waals surface area contributed by atoms with Crippen LogP contribution < -0.4 is 10.1 Å². The van der Waals surface area contributed by atoms with Crippen LogP contribution in [0.3, 0.4) is 0 Å². The average Bonchev–Trinajstić information content (AvgIpc) is 2.68. The Morgan fingerprint density at radius 3 is 2.56 bits per heavy atom. The molecule has 5 nitrogen and oxygen atoms in total. The molecular weight excluding hydrogens is 342 g/mol. The van der Waals surface area contributed by atoms with Crippen molar-refractivity contribution in [3.63, 3.8) is 0 Å². The van der Waals surface area contributed by atoms with Gasteiger partial charge in [0, 0.05) is 5.69 Å². The Morgan fingerprint density at radius 2 is 1.81 bits per heavy atom. The van der Waals surface area contributed by atoms with E-state index >= 15 is 0 Å². The number of rotatable bonds is 5. The second-order valence-corrected chi connectivity index (χ2v) is 6.86. The van der Waals surface area contributed by atoms with Gasteiger partial charge in [-0.05, 0) is 80.5 Å². The van der Waals surface area contributed by atoms with E-state index in [4.69, 9.17) is 9.47 Å². The largest absolute Gasteiger partial charge is 0.481 e. The van der Waals surface area contributed by atoms with Crippen LogP contribution in [0.15, 0.2) is 36.4 Å². The Balaban J connectivity index is 1.69. The van der Waals surface area contributed by atoms with Crippen molar-refractivity contribution in [3.05, 3.63) is 58.7 Å². The van der Waals surface area contributed by atoms with Gasteiger partial charge in [0.1, 0.15) is 5.75 Å². The van der Waals surface area contributed by atoms with Gasteiger partial charge in [-0.2, -0.15) is 0 Å². The summed E-state index contributed by atoms with van der Waals surface area (Å²) < 4.78 is 10.6. The zero-order chi connectivity index (χ0) is 19.4. The predicted octanol–water partition coefficient (Wildman–Crippen LogP) is 4.07. The summed E-state index contributed by atoms with van der Waals surface area (Å²) in [7, 11) is 1.33. The minimum Gasteiger partial charge on any atom is -0.481 e. The van der Waals surface area contributed by atoms with E-state index in [-0.39, 0.29) is 5.91 Å². The highest BCUT2D eigenvalue weighted by Gasteiger charge is 2.19. The summed E-state index contributed by atoms with van der Waals surface area (Å²) in [5.41, 5.74) is 4.36. The number of carbonyl (C=O) groups excluding carboxylic acids is 2. The first kappa shape index (κ1) is 19.0. The van der Waals surface area contributed by atoms with Crippen LogP contribution in [-0.2, 0) is 22.4 Å². The molecule has 1 unspecified atom stereocenters. The second kappa shape index (κ2) is 8.25. The normalized spacial score (nSPS) is 14.0. The van der Waals surface area contributed by atoms with Crippen LogP contribution in [0.5, 0.6) is 5.75 Å². The molecule has 2 aromatic rings. The topological polar surface area (TPSA) is 64.6 Å². The van der Waals surface area contributed by atoms with Crippen LogP contribution in [0.1, 0.15) is 46.8 Å². The summed E-state index contributed by atoms with van der Waals surface area (Å²) in [5.74, 6) is 0.0122. The molecule has 0 aliphatic heterocycles. The van der Waals surface area contributed by atoms with E-state index in [2.05, 4.69) is 11.4 Å². The maximum absolute atomic E-state index is 12.6. The number of esters is 1. The van der Waals surface area contributed by atoms with Crippen LogP contribution in [0, 0.1) is 6.92 Å². The quantitative estimate of drug-likeness (QED) is 0.809. The molecule has 1 aliphatic carbocycles. The number of hydrogen-bond donors (Lipinski definition) is 1. The van der Waals surface area contributed by atoms with Gasteiger partial charge < -0.3 is 14.8 Å². The lowest BCUT2D eigenvalue weighted by molar-refractivity contribution is -0.122. The summed E-state index contributed by atoms with van der Waals surface area (Å²) >= 11 is 0. The van der Waals surface area contributed by atoms with E-state index in [9.17, 15) is 9.59 Å². The highest BCUT2D eigenvalue weighted by Crippen LogP contribution is 2.26. The number of carbonyl (C=O) groups is 2. The van der Waals surface area contributed by atoms with Gasteiger partial charge in [0.25, 0.3) is 5.91 Å². The molecule has 0 saturated heterocycles. The monoisotopic (exact) mass is 367 g/mol. The first-order valence-corrected chi connectivity index (χ1v) is 9.27. The van der Waals surface area contributed by atoms with E-state index in [1.807, 2.05) is 12.1 Å². The van der Waals surface area contributed by atoms with Crippen molar-refractivity contribution in [1.29, 1.82) is 0 Å². The zero-order valence-corrected chi connectivity index (χ0v) is 16.0. The fourth-order valence-electron chi connectivity index (χ4n) is 3.38. The molecule has 1 N–H and O–H groups in total. The van der Waals surface area contributed by atoms with Crippen molar-refractivity contribution in [2.24, 2.45) is 0 Å². The summed E-state index contributed by atoms with van der Waals surface area (Å²) in [6, 6.07) is 11.2. The van der Waals surface area contributed by atoms with Gasteiger partial charge in [-0.3, -0.25) is 4.79 Å². The van der Waals surface area contributed by atoms with E-state index in [1.54, 1.807) is 32.0 Å². The van der Waals surface area contributed by atoms with Crippen molar-refractivity contribution >= 4 is 17.6 Å². The highest BCUT2D eigenvalue weighted by atomic mass is 16.5. The first-order chi connectivity index (χ1) is 13.0. The summed E-state index contributed by atoms with van der Waals surface area (Å²) in [6.07, 6.45) is 3.94. The lowest BCUT2D eigenvalue weighted by Crippen LogP contribution is -2.30. The standard InChI is InChI=1S/C22H25NO4/c1-14-19(22(25)26-3)9-6-10-20(14)23-21(24)15(2)27-18-12-11-16-7-4-5-8-17(16)13-18/h6,9-13,15H,4-5,7-8H2,1-3H3,(H,23,24). The number of benzene rings is 2. The number of nitrogens with one attached hydrogen (secondary N) is 1. The summed E-state index contributed by atoms with van der Waals surface area (Å²) in [4.78, 5) is 24.4. The molecule has 0 aromatic heterocycles. The maximum Gasteiger partial charge on any atom is 0.338 e. The SMILES string of the molecule is COC(=O)c1cccc(NC(=O)C(C)Oc2ccc3c(c2)CCCC3)c1C. The molecule has 3 rings (SSSR count). The smallest absolute Gasteiger partial charge is 0.338 e. The third-order valence-corrected chi connectivity index (χ3v) is 5.00. The highest BCUT2D eigenvalue weighted by molar-refractivity contribution is 5.98. The molecule has 2 aromatic carbocycles. The lowest BCUT2D eigenvalue weighted by atomic mass is 9.92. The number of aryl methyl sites for hydroxylation is 2. The third kappa shape index (κ3) is 4.30. The maximum atomic E-state index is 12.6. The number of anilines is 1. The van der Waals surface area contributed by atoms with Crippen molar-refractivity contribution in [2.45, 2.75) is 45.6 Å². The van der Waals surface area contributed by atoms with Crippen molar-refractivity contribution in [1.82, 2.24) is 0 Å². The van der Waals surface area contributed by atoms with Gasteiger partial charge in [-0.25, -0.2) is 4.79 Å². The molecular formula is C22H25NO4. The fraction of sp³-hybridized carbons (Fsp3) is 0.364. The third-order valence-electron chi connectivity index (χ3n) is 5.00. The second-order valence-electron chi connectivity index (χ2n) is 6.86. The van der Waals surface area contributed by atoms with Crippen molar-refractivity contribution in [2.75, 3.05) is 12.4 Å². The van der Waals surface area contributed by atoms with Gasteiger partial charge in [0.05, 0.1) is 12.7 Å². The van der Waals surface area contributed by atoms with Crippen LogP contribution in [0.2, 0.25) is 0 Å². The number of hydrogen-bond acceptors (Lipinski definition) is 4. The number of ether oxygens (including phenoxy) is 2. The molecule has 0 fully saturated rings. The Hall–Kier alpha value is -2.82. The van der Waals surface area contributed by atoms with Gasteiger partial charge in [0.15, 0.2) is 6.10 Å². The minimum atomic E-state index is -0.659. The summed E-state index contributed by atoms with van der Waals surface area (Å²) in [6.45, 7) is 3.49. The average molecular weight is 367 g/mol. The van der Waals surface area contributed by atoms with Gasteiger partial charge >= 0.3 is 5.97 Å². The molecule has 5 heteroatoms. The molecule has 1 aliphatic rings. The molecule has 0 radical (unpaired) electrons. The minimum absolute atomic E-state index is 0.266. The van der Waals surface area contributed by atoms with Crippen LogP contribution in [0.25, 0.3) is 0 Å². The Bertz CT molecular complexity index is 859. The lowest BCUT2D eigenvalue weighted by Gasteiger charge is -2.19. The van der Waals surface area contributed by atoms with Gasteiger partial charge in [-0.15, -0.1) is 0 Å². The number of amides is 1. The Morgan fingerprint density at radius 1 is 1.07 bits per heavy atom. The molecule has 0 heterocycles. The van der Waals surface area contributed by atoms with Crippen LogP contribution in [0.4, 0.5) is 5.69 Å². The Kier molecular flexibility index (Phi) is 5.79. The molecule has 0 spiro atoms. The first-order valence-electron chi connectivity index (χ1n) is 9.27. The molecule has 142 valence electrons. The van der Waals surface area contributed by atoms with Gasteiger partial charge in [0.2, 0.25) is 0 Å². The van der Waals surface area contributed by atoms with Crippen molar-refractivity contribution in [3.8, 4) is 5.75 Å². The zero-order valence-electron chi connectivity index (χ0n) is 16.0. The van der Waals surface area contributed by atoms with E-state index in [0.717, 1.165) is 12.8 Å². The molecule has 27 heavy (non-hydrogen) atoms. The molecule has 1 atom stereocenters. The predicted molar refractivity (Wildman–Crippen MR) is 104 cm³/mol. The Labute approximate surface area is 159 Å². The van der Waals surface area contributed by atoms with E-state index in [1.165, 1.54) is 31.1 Å². The van der Waals surface area contributed by atoms with Crippen molar-refractivity contribution < 1.29 is 19.1 Å².